The van der Waals surface area contributed by atoms with E-state index in [0.29, 0.717) is 16.6 Å². The van der Waals surface area contributed by atoms with Gasteiger partial charge in [-0.1, -0.05) is 24.3 Å². The number of carbonyl (C=O) groups is 2. The van der Waals surface area contributed by atoms with Crippen LogP contribution in [0.4, 0.5) is 5.13 Å². The Bertz CT molecular complexity index is 1190. The highest BCUT2D eigenvalue weighted by atomic mass is 32.1. The van der Waals surface area contributed by atoms with Gasteiger partial charge in [-0.15, -0.1) is 11.3 Å². The summed E-state index contributed by atoms with van der Waals surface area (Å²) < 4.78 is 10.6. The Morgan fingerprint density at radius 3 is 2.66 bits per heavy atom. The Morgan fingerprint density at radius 1 is 1.12 bits per heavy atom. The highest BCUT2D eigenvalue weighted by Gasteiger charge is 2.28. The van der Waals surface area contributed by atoms with Crippen molar-refractivity contribution in [2.24, 2.45) is 0 Å². The number of nitrogens with zero attached hydrogens (tertiary/aromatic N) is 2. The van der Waals surface area contributed by atoms with Crippen LogP contribution in [-0.2, 0) is 9.59 Å². The maximum Gasteiger partial charge on any atom is 0.228 e. The van der Waals surface area contributed by atoms with E-state index in [9.17, 15) is 9.59 Å². The molecule has 1 unspecified atom stereocenters. The molecule has 2 amide bonds. The number of ether oxygens (including phenoxy) is 2. The van der Waals surface area contributed by atoms with E-state index < -0.39 is 0 Å². The standard InChI is InChI=1S/C24H23N3O4S/c1-15(28)27-11-10-16-6-4-5-7-18(16)20(27)13-23(29)26-24-25-19(14-32-24)17-8-9-21(30-2)22(12-17)31-3/h4-12,14,20H,13H2,1-3H3,(H,25,26,29). The smallest absolute Gasteiger partial charge is 0.228 e. The number of thiazole rings is 1. The summed E-state index contributed by atoms with van der Waals surface area (Å²) in [6.07, 6.45) is 3.76. The molecule has 1 aliphatic heterocycles. The Kier molecular flexibility index (Phi) is 6.23. The minimum Gasteiger partial charge on any atom is -0.493 e. The SMILES string of the molecule is COc1ccc(-c2csc(NC(=O)CC3c4ccccc4C=CN3C(C)=O)n2)cc1OC. The van der Waals surface area contributed by atoms with Crippen molar-refractivity contribution in [2.75, 3.05) is 19.5 Å². The summed E-state index contributed by atoms with van der Waals surface area (Å²) in [5, 5.41) is 5.24. The van der Waals surface area contributed by atoms with Crippen LogP contribution in [0.15, 0.2) is 54.0 Å². The summed E-state index contributed by atoms with van der Waals surface area (Å²) in [5.41, 5.74) is 3.54. The van der Waals surface area contributed by atoms with Gasteiger partial charge in [-0.25, -0.2) is 4.98 Å². The molecule has 1 N–H and O–H groups in total. The van der Waals surface area contributed by atoms with Crippen LogP contribution in [-0.4, -0.2) is 35.9 Å². The van der Waals surface area contributed by atoms with Crippen molar-refractivity contribution in [1.29, 1.82) is 0 Å². The molecule has 0 fully saturated rings. The summed E-state index contributed by atoms with van der Waals surface area (Å²) in [7, 11) is 3.17. The highest BCUT2D eigenvalue weighted by Crippen LogP contribution is 2.35. The van der Waals surface area contributed by atoms with Crippen molar-refractivity contribution in [2.45, 2.75) is 19.4 Å². The van der Waals surface area contributed by atoms with E-state index in [0.717, 1.165) is 22.4 Å². The molecule has 0 radical (unpaired) electrons. The Balaban J connectivity index is 1.50. The molecule has 2 aromatic carbocycles. The van der Waals surface area contributed by atoms with Crippen molar-refractivity contribution >= 4 is 34.4 Å². The van der Waals surface area contributed by atoms with Gasteiger partial charge in [0, 0.05) is 24.1 Å². The minimum absolute atomic E-state index is 0.112. The number of amides is 2. The van der Waals surface area contributed by atoms with E-state index in [1.807, 2.05) is 53.9 Å². The second-order valence-corrected chi connectivity index (χ2v) is 8.10. The lowest BCUT2D eigenvalue weighted by atomic mass is 9.93. The predicted molar refractivity (Wildman–Crippen MR) is 125 cm³/mol. The number of carbonyl (C=O) groups excluding carboxylic acids is 2. The molecule has 0 saturated carbocycles. The first kappa shape index (κ1) is 21.6. The van der Waals surface area contributed by atoms with Crippen LogP contribution in [0.1, 0.15) is 30.5 Å². The summed E-state index contributed by atoms with van der Waals surface area (Å²) in [6, 6.07) is 13.0. The molecule has 1 aliphatic rings. The average molecular weight is 450 g/mol. The van der Waals surface area contributed by atoms with Gasteiger partial charge in [0.2, 0.25) is 11.8 Å². The number of hydrogen-bond donors (Lipinski definition) is 1. The molecule has 0 spiro atoms. The van der Waals surface area contributed by atoms with Gasteiger partial charge in [-0.3, -0.25) is 9.59 Å². The van der Waals surface area contributed by atoms with Gasteiger partial charge in [0.1, 0.15) is 0 Å². The largest absolute Gasteiger partial charge is 0.493 e. The average Bonchev–Trinajstić information content (AvgIpc) is 3.26. The molecule has 8 heteroatoms. The molecular weight excluding hydrogens is 426 g/mol. The third-order valence-electron chi connectivity index (χ3n) is 5.28. The molecule has 164 valence electrons. The van der Waals surface area contributed by atoms with Crippen molar-refractivity contribution < 1.29 is 19.1 Å². The third kappa shape index (κ3) is 4.36. The molecule has 32 heavy (non-hydrogen) atoms. The molecule has 3 aromatic rings. The fourth-order valence-electron chi connectivity index (χ4n) is 3.72. The van der Waals surface area contributed by atoms with E-state index >= 15 is 0 Å². The van der Waals surface area contributed by atoms with E-state index in [-0.39, 0.29) is 24.3 Å². The Hall–Kier alpha value is -3.65. The first-order valence-electron chi connectivity index (χ1n) is 10.0. The molecule has 7 nitrogen and oxygen atoms in total. The van der Waals surface area contributed by atoms with Crippen LogP contribution in [0, 0.1) is 0 Å². The summed E-state index contributed by atoms with van der Waals surface area (Å²) in [4.78, 5) is 31.1. The topological polar surface area (TPSA) is 80.8 Å². The number of fused-ring (bicyclic) bond motifs is 1. The van der Waals surface area contributed by atoms with Crippen molar-refractivity contribution in [3.8, 4) is 22.8 Å². The van der Waals surface area contributed by atoms with E-state index in [2.05, 4.69) is 10.3 Å². The van der Waals surface area contributed by atoms with Crippen LogP contribution in [0.2, 0.25) is 0 Å². The lowest BCUT2D eigenvalue weighted by molar-refractivity contribution is -0.129. The maximum absolute atomic E-state index is 12.8. The lowest BCUT2D eigenvalue weighted by Gasteiger charge is -2.32. The van der Waals surface area contributed by atoms with Gasteiger partial charge in [0.15, 0.2) is 16.6 Å². The minimum atomic E-state index is -0.362. The zero-order chi connectivity index (χ0) is 22.7. The van der Waals surface area contributed by atoms with Crippen molar-refractivity contribution in [3.63, 3.8) is 0 Å². The van der Waals surface area contributed by atoms with E-state index in [1.165, 1.54) is 18.3 Å². The van der Waals surface area contributed by atoms with Gasteiger partial charge < -0.3 is 19.7 Å². The van der Waals surface area contributed by atoms with Crippen LogP contribution >= 0.6 is 11.3 Å². The van der Waals surface area contributed by atoms with Crippen LogP contribution < -0.4 is 14.8 Å². The molecule has 1 atom stereocenters. The van der Waals surface area contributed by atoms with Crippen molar-refractivity contribution in [1.82, 2.24) is 9.88 Å². The quantitative estimate of drug-likeness (QED) is 0.588. The summed E-state index contributed by atoms with van der Waals surface area (Å²) in [6.45, 7) is 1.50. The van der Waals surface area contributed by atoms with Crippen molar-refractivity contribution in [3.05, 3.63) is 65.2 Å². The zero-order valence-corrected chi connectivity index (χ0v) is 18.8. The number of nitrogens with one attached hydrogen (secondary N) is 1. The Morgan fingerprint density at radius 2 is 1.91 bits per heavy atom. The van der Waals surface area contributed by atoms with Crippen LogP contribution in [0.25, 0.3) is 17.3 Å². The van der Waals surface area contributed by atoms with Gasteiger partial charge in [-0.2, -0.15) is 0 Å². The molecule has 0 bridgehead atoms. The zero-order valence-electron chi connectivity index (χ0n) is 18.0. The number of aromatic nitrogens is 1. The van der Waals surface area contributed by atoms with Crippen LogP contribution in [0.5, 0.6) is 11.5 Å². The second kappa shape index (κ2) is 9.23. The number of rotatable bonds is 6. The van der Waals surface area contributed by atoms with Gasteiger partial charge in [-0.05, 0) is 35.4 Å². The first-order chi connectivity index (χ1) is 15.5. The molecular formula is C24H23N3O4S. The number of hydrogen-bond acceptors (Lipinski definition) is 6. The maximum atomic E-state index is 12.8. The lowest BCUT2D eigenvalue weighted by Crippen LogP contribution is -2.33. The van der Waals surface area contributed by atoms with E-state index in [4.69, 9.17) is 9.47 Å². The van der Waals surface area contributed by atoms with Gasteiger partial charge in [0.05, 0.1) is 32.4 Å². The number of benzene rings is 2. The molecule has 2 heterocycles. The fourth-order valence-corrected chi connectivity index (χ4v) is 4.45. The normalized spacial score (nSPS) is 14.6. The van der Waals surface area contributed by atoms with Gasteiger partial charge >= 0.3 is 0 Å². The summed E-state index contributed by atoms with van der Waals surface area (Å²) >= 11 is 1.34. The molecule has 1 aromatic heterocycles. The fraction of sp³-hybridized carbons (Fsp3) is 0.208. The summed E-state index contributed by atoms with van der Waals surface area (Å²) in [5.74, 6) is 0.923. The predicted octanol–water partition coefficient (Wildman–Crippen LogP) is 4.73. The number of anilines is 1. The molecule has 4 rings (SSSR count). The van der Waals surface area contributed by atoms with Crippen LogP contribution in [0.3, 0.4) is 0 Å². The Labute approximate surface area is 190 Å². The van der Waals surface area contributed by atoms with E-state index in [1.54, 1.807) is 25.3 Å². The highest BCUT2D eigenvalue weighted by molar-refractivity contribution is 7.14. The molecule has 0 aliphatic carbocycles. The third-order valence-corrected chi connectivity index (χ3v) is 6.04. The first-order valence-corrected chi connectivity index (χ1v) is 10.9. The molecule has 0 saturated heterocycles. The monoisotopic (exact) mass is 449 g/mol. The second-order valence-electron chi connectivity index (χ2n) is 7.25. The number of methoxy groups -OCH3 is 2. The van der Waals surface area contributed by atoms with Gasteiger partial charge in [0.25, 0.3) is 0 Å².